The van der Waals surface area contributed by atoms with Crippen LogP contribution in [0.2, 0.25) is 0 Å². The van der Waals surface area contributed by atoms with E-state index in [1.54, 1.807) is 17.8 Å². The minimum Gasteiger partial charge on any atom is -0.465 e. The van der Waals surface area contributed by atoms with Crippen molar-refractivity contribution >= 4 is 34.4 Å². The highest BCUT2D eigenvalue weighted by atomic mass is 32.2. The van der Waals surface area contributed by atoms with Crippen LogP contribution in [0.15, 0.2) is 53.6 Å². The van der Waals surface area contributed by atoms with Crippen LogP contribution in [-0.2, 0) is 0 Å². The Morgan fingerprint density at radius 2 is 2.08 bits per heavy atom. The fourth-order valence-corrected chi connectivity index (χ4v) is 5.41. The highest BCUT2D eigenvalue weighted by molar-refractivity contribution is 7.99. The average Bonchev–Trinajstić information content (AvgIpc) is 3.51. The third kappa shape index (κ3) is 4.46. The van der Waals surface area contributed by atoms with Gasteiger partial charge >= 0.3 is 12.3 Å². The summed E-state index contributed by atoms with van der Waals surface area (Å²) in [6.07, 6.45) is -4.87. The number of rotatable bonds is 6. The van der Waals surface area contributed by atoms with Crippen LogP contribution in [0, 0.1) is 0 Å². The van der Waals surface area contributed by atoms with Gasteiger partial charge in [-0.05, 0) is 36.9 Å². The molecule has 4 heterocycles. The normalized spacial score (nSPS) is 17.1. The van der Waals surface area contributed by atoms with Gasteiger partial charge in [-0.2, -0.15) is 13.2 Å². The molecule has 0 saturated carbocycles. The van der Waals surface area contributed by atoms with E-state index in [1.807, 2.05) is 31.2 Å². The highest BCUT2D eigenvalue weighted by Crippen LogP contribution is 2.40. The fourth-order valence-electron chi connectivity index (χ4n) is 4.62. The standard InChI is InChI=1S/C24H23F3N6O2S/c1-2-36-18-5-3-4-14-6-8-17(29-20(14)18)22-31-30-19-9-7-15(13-32(19)22)21(24(25,26)27)33(23(34)35)16-10-11-28-12-16/h3-9,13,16,21,28H,2,10-12H2,1H3,(H,34,35)/t16-,21+/m0/s1. The van der Waals surface area contributed by atoms with E-state index in [2.05, 4.69) is 15.5 Å². The van der Waals surface area contributed by atoms with Crippen molar-refractivity contribution in [3.63, 3.8) is 0 Å². The number of thioether (sulfide) groups is 1. The lowest BCUT2D eigenvalue weighted by Gasteiger charge is -2.35. The number of halogens is 3. The van der Waals surface area contributed by atoms with Gasteiger partial charge in [0.2, 0.25) is 0 Å². The molecule has 1 fully saturated rings. The number of amides is 1. The second-order valence-electron chi connectivity index (χ2n) is 8.45. The summed E-state index contributed by atoms with van der Waals surface area (Å²) in [6, 6.07) is 9.05. The number of fused-ring (bicyclic) bond motifs is 2. The predicted octanol–water partition coefficient (Wildman–Crippen LogP) is 5.00. The summed E-state index contributed by atoms with van der Waals surface area (Å²) in [5.41, 5.74) is 1.34. The summed E-state index contributed by atoms with van der Waals surface area (Å²) in [4.78, 5) is 18.3. The number of pyridine rings is 2. The first-order chi connectivity index (χ1) is 17.3. The molecule has 1 amide bonds. The number of hydrogen-bond acceptors (Lipinski definition) is 6. The third-order valence-electron chi connectivity index (χ3n) is 6.19. The molecule has 1 aliphatic rings. The average molecular weight is 517 g/mol. The molecule has 0 bridgehead atoms. The highest BCUT2D eigenvalue weighted by Gasteiger charge is 2.49. The number of alkyl halides is 3. The topological polar surface area (TPSA) is 95.7 Å². The van der Waals surface area contributed by atoms with E-state index in [1.165, 1.54) is 22.7 Å². The van der Waals surface area contributed by atoms with Crippen LogP contribution in [0.25, 0.3) is 28.1 Å². The largest absolute Gasteiger partial charge is 0.465 e. The van der Waals surface area contributed by atoms with Crippen LogP contribution in [0.1, 0.15) is 24.9 Å². The van der Waals surface area contributed by atoms with Gasteiger partial charge in [-0.15, -0.1) is 22.0 Å². The predicted molar refractivity (Wildman–Crippen MR) is 130 cm³/mol. The lowest BCUT2D eigenvalue weighted by atomic mass is 10.0. The number of hydrogen-bond donors (Lipinski definition) is 2. The van der Waals surface area contributed by atoms with Gasteiger partial charge in [0.15, 0.2) is 17.5 Å². The van der Waals surface area contributed by atoms with Crippen LogP contribution >= 0.6 is 11.8 Å². The molecule has 1 aliphatic heterocycles. The number of aromatic nitrogens is 4. The van der Waals surface area contributed by atoms with Crippen molar-refractivity contribution in [2.24, 2.45) is 0 Å². The summed E-state index contributed by atoms with van der Waals surface area (Å²) in [7, 11) is 0. The maximum absolute atomic E-state index is 14.3. The molecule has 0 spiro atoms. The minimum atomic E-state index is -4.82. The Kier molecular flexibility index (Phi) is 6.47. The maximum atomic E-state index is 14.3. The van der Waals surface area contributed by atoms with Crippen molar-refractivity contribution < 1.29 is 23.1 Å². The molecule has 1 saturated heterocycles. The molecule has 188 valence electrons. The van der Waals surface area contributed by atoms with Gasteiger partial charge in [0, 0.05) is 34.6 Å². The minimum absolute atomic E-state index is 0.165. The van der Waals surface area contributed by atoms with Crippen molar-refractivity contribution in [2.75, 3.05) is 18.8 Å². The Labute approximate surface area is 208 Å². The number of nitrogens with zero attached hydrogens (tertiary/aromatic N) is 5. The van der Waals surface area contributed by atoms with Crippen LogP contribution < -0.4 is 5.32 Å². The van der Waals surface area contributed by atoms with Gasteiger partial charge < -0.3 is 10.4 Å². The molecule has 0 radical (unpaired) electrons. The monoisotopic (exact) mass is 516 g/mol. The van der Waals surface area contributed by atoms with Gasteiger partial charge in [-0.1, -0.05) is 31.2 Å². The number of carbonyl (C=O) groups is 1. The zero-order valence-electron chi connectivity index (χ0n) is 19.2. The van der Waals surface area contributed by atoms with Crippen molar-refractivity contribution in [1.29, 1.82) is 0 Å². The first-order valence-electron chi connectivity index (χ1n) is 11.4. The maximum Gasteiger partial charge on any atom is 0.413 e. The van der Waals surface area contributed by atoms with E-state index < -0.39 is 24.4 Å². The summed E-state index contributed by atoms with van der Waals surface area (Å²) in [6.45, 7) is 2.66. The molecular formula is C24H23F3N6O2S. The molecule has 4 aromatic rings. The third-order valence-corrected chi connectivity index (χ3v) is 7.12. The van der Waals surface area contributed by atoms with Crippen molar-refractivity contribution in [2.45, 2.75) is 36.5 Å². The number of nitrogens with one attached hydrogen (secondary N) is 1. The zero-order chi connectivity index (χ0) is 25.4. The van der Waals surface area contributed by atoms with Gasteiger partial charge in [0.25, 0.3) is 0 Å². The molecule has 12 heteroatoms. The first-order valence-corrected chi connectivity index (χ1v) is 12.4. The summed E-state index contributed by atoms with van der Waals surface area (Å²) >= 11 is 1.64. The summed E-state index contributed by atoms with van der Waals surface area (Å²) < 4.78 is 44.4. The number of para-hydroxylation sites is 1. The second kappa shape index (κ2) is 9.58. The van der Waals surface area contributed by atoms with Gasteiger partial charge in [0.05, 0.1) is 5.52 Å². The van der Waals surface area contributed by atoms with Crippen LogP contribution in [0.4, 0.5) is 18.0 Å². The first kappa shape index (κ1) is 24.3. The molecule has 1 aromatic carbocycles. The van der Waals surface area contributed by atoms with Gasteiger partial charge in [0.1, 0.15) is 5.69 Å². The zero-order valence-corrected chi connectivity index (χ0v) is 20.1. The molecule has 36 heavy (non-hydrogen) atoms. The van der Waals surface area contributed by atoms with E-state index in [9.17, 15) is 23.1 Å². The molecular weight excluding hydrogens is 493 g/mol. The Bertz CT molecular complexity index is 1420. The second-order valence-corrected chi connectivity index (χ2v) is 9.76. The molecule has 2 N–H and O–H groups in total. The van der Waals surface area contributed by atoms with E-state index in [0.29, 0.717) is 29.2 Å². The van der Waals surface area contributed by atoms with E-state index >= 15 is 0 Å². The summed E-state index contributed by atoms with van der Waals surface area (Å²) in [5.74, 6) is 1.13. The molecule has 0 unspecified atom stereocenters. The van der Waals surface area contributed by atoms with Crippen molar-refractivity contribution in [3.05, 3.63) is 54.2 Å². The lowest BCUT2D eigenvalue weighted by molar-refractivity contribution is -0.185. The lowest BCUT2D eigenvalue weighted by Crippen LogP contribution is -2.48. The molecule has 2 atom stereocenters. The van der Waals surface area contributed by atoms with Crippen LogP contribution in [-0.4, -0.2) is 66.7 Å². The molecule has 0 aliphatic carbocycles. The van der Waals surface area contributed by atoms with Gasteiger partial charge in [-0.3, -0.25) is 9.30 Å². The fraction of sp³-hybridized carbons (Fsp3) is 0.333. The van der Waals surface area contributed by atoms with E-state index in [4.69, 9.17) is 4.98 Å². The summed E-state index contributed by atoms with van der Waals surface area (Å²) in [5, 5.41) is 21.9. The smallest absolute Gasteiger partial charge is 0.413 e. The Hall–Kier alpha value is -3.38. The Morgan fingerprint density at radius 1 is 1.25 bits per heavy atom. The Balaban J connectivity index is 1.63. The molecule has 8 nitrogen and oxygen atoms in total. The number of carboxylic acid groups (broad SMARTS) is 1. The van der Waals surface area contributed by atoms with E-state index in [-0.39, 0.29) is 17.9 Å². The SMILES string of the molecule is CCSc1cccc2ccc(-c3nnc4ccc([C@@H](N(C(=O)O)[C@H]5CCNC5)C(F)(F)F)cn34)nc12. The van der Waals surface area contributed by atoms with Crippen LogP contribution in [0.5, 0.6) is 0 Å². The van der Waals surface area contributed by atoms with Crippen molar-refractivity contribution in [1.82, 2.24) is 29.8 Å². The molecule has 5 rings (SSSR count). The Morgan fingerprint density at radius 3 is 2.78 bits per heavy atom. The van der Waals surface area contributed by atoms with Crippen molar-refractivity contribution in [3.8, 4) is 11.5 Å². The van der Waals surface area contributed by atoms with Gasteiger partial charge in [-0.25, -0.2) is 9.78 Å². The van der Waals surface area contributed by atoms with Crippen LogP contribution in [0.3, 0.4) is 0 Å². The number of benzene rings is 1. The van der Waals surface area contributed by atoms with E-state index in [0.717, 1.165) is 21.6 Å². The quantitative estimate of drug-likeness (QED) is 0.348. The molecule has 3 aromatic heterocycles.